The van der Waals surface area contributed by atoms with Crippen LogP contribution in [0.3, 0.4) is 0 Å². The number of hydrogen-bond acceptors (Lipinski definition) is 7. The van der Waals surface area contributed by atoms with Gasteiger partial charge in [0.05, 0.1) is 6.04 Å². The van der Waals surface area contributed by atoms with Crippen LogP contribution >= 0.6 is 0 Å². The number of carbonyl (C=O) groups is 1. The molecule has 2 aromatic rings. The Morgan fingerprint density at radius 3 is 3.08 bits per heavy atom. The summed E-state index contributed by atoms with van der Waals surface area (Å²) in [6, 6.07) is 3.61. The molecule has 1 spiro atoms. The zero-order valence-electron chi connectivity index (χ0n) is 14.7. The topological polar surface area (TPSA) is 105 Å². The van der Waals surface area contributed by atoms with E-state index in [1.165, 1.54) is 0 Å². The molecule has 0 aromatic carbocycles. The summed E-state index contributed by atoms with van der Waals surface area (Å²) >= 11 is 0. The average molecular weight is 356 g/mol. The summed E-state index contributed by atoms with van der Waals surface area (Å²) in [4.78, 5) is 20.8. The standard InChI is InChI=1S/C18H24N6O2/c25-17(14-10-18(12-22-14)4-8-19-9-5-18)21-7-3-15-23-16(24-26-15)13-2-1-6-20-11-13/h1-2,6,11,14,19,22H,3-5,7-10,12H2,(H,21,25)/t14-/m1/s1. The SMILES string of the molecule is O=C(NCCc1nc(-c2cccnc2)no1)[C@H]1CC2(CCNCC2)CN1. The minimum absolute atomic E-state index is 0.0624. The summed E-state index contributed by atoms with van der Waals surface area (Å²) in [5.41, 5.74) is 1.10. The lowest BCUT2D eigenvalue weighted by atomic mass is 9.77. The van der Waals surface area contributed by atoms with Crippen molar-refractivity contribution in [2.75, 3.05) is 26.2 Å². The van der Waals surface area contributed by atoms with E-state index in [9.17, 15) is 4.79 Å². The van der Waals surface area contributed by atoms with Gasteiger partial charge in [0, 0.05) is 37.5 Å². The number of carbonyl (C=O) groups excluding carboxylic acids is 1. The van der Waals surface area contributed by atoms with Gasteiger partial charge in [0.25, 0.3) is 0 Å². The van der Waals surface area contributed by atoms with Crippen molar-refractivity contribution in [1.29, 1.82) is 0 Å². The lowest BCUT2D eigenvalue weighted by molar-refractivity contribution is -0.122. The molecule has 0 radical (unpaired) electrons. The van der Waals surface area contributed by atoms with E-state index in [0.29, 0.717) is 30.1 Å². The van der Waals surface area contributed by atoms with Crippen LogP contribution in [0, 0.1) is 5.41 Å². The first kappa shape index (κ1) is 17.1. The van der Waals surface area contributed by atoms with Gasteiger partial charge in [0.15, 0.2) is 0 Å². The van der Waals surface area contributed by atoms with E-state index in [1.54, 1.807) is 12.4 Å². The highest BCUT2D eigenvalue weighted by Gasteiger charge is 2.41. The number of piperidine rings is 1. The van der Waals surface area contributed by atoms with Crippen LogP contribution in [0.5, 0.6) is 0 Å². The second-order valence-corrected chi connectivity index (χ2v) is 7.18. The number of hydrogen-bond donors (Lipinski definition) is 3. The zero-order chi connectivity index (χ0) is 17.8. The molecule has 138 valence electrons. The summed E-state index contributed by atoms with van der Waals surface area (Å²) in [7, 11) is 0. The van der Waals surface area contributed by atoms with Crippen molar-refractivity contribution in [3.8, 4) is 11.4 Å². The maximum atomic E-state index is 12.4. The monoisotopic (exact) mass is 356 g/mol. The van der Waals surface area contributed by atoms with Crippen LogP contribution in [0.4, 0.5) is 0 Å². The molecule has 0 bridgehead atoms. The highest BCUT2D eigenvalue weighted by atomic mass is 16.5. The molecule has 8 nitrogen and oxygen atoms in total. The molecule has 2 aromatic heterocycles. The van der Waals surface area contributed by atoms with Crippen LogP contribution in [0.1, 0.15) is 25.2 Å². The fourth-order valence-electron chi connectivity index (χ4n) is 3.82. The number of nitrogens with one attached hydrogen (secondary N) is 3. The smallest absolute Gasteiger partial charge is 0.237 e. The lowest BCUT2D eigenvalue weighted by Crippen LogP contribution is -2.41. The fraction of sp³-hybridized carbons (Fsp3) is 0.556. The molecule has 2 aliphatic heterocycles. The first-order valence-electron chi connectivity index (χ1n) is 9.19. The van der Waals surface area contributed by atoms with Crippen molar-refractivity contribution in [2.45, 2.75) is 31.7 Å². The Balaban J connectivity index is 1.25. The van der Waals surface area contributed by atoms with Crippen molar-refractivity contribution in [3.63, 3.8) is 0 Å². The first-order valence-corrected chi connectivity index (χ1v) is 9.19. The highest BCUT2D eigenvalue weighted by molar-refractivity contribution is 5.82. The van der Waals surface area contributed by atoms with Gasteiger partial charge in [-0.15, -0.1) is 0 Å². The molecule has 2 saturated heterocycles. The molecule has 4 rings (SSSR count). The first-order chi connectivity index (χ1) is 12.7. The molecule has 4 heterocycles. The van der Waals surface area contributed by atoms with E-state index in [2.05, 4.69) is 31.1 Å². The van der Waals surface area contributed by atoms with Gasteiger partial charge in [-0.3, -0.25) is 9.78 Å². The van der Waals surface area contributed by atoms with Gasteiger partial charge in [-0.05, 0) is 49.9 Å². The van der Waals surface area contributed by atoms with Gasteiger partial charge in [-0.2, -0.15) is 4.98 Å². The number of amides is 1. The number of aromatic nitrogens is 3. The molecule has 1 amide bonds. The Labute approximate surface area is 152 Å². The minimum atomic E-state index is -0.0956. The van der Waals surface area contributed by atoms with Crippen molar-refractivity contribution in [3.05, 3.63) is 30.4 Å². The van der Waals surface area contributed by atoms with Gasteiger partial charge >= 0.3 is 0 Å². The molecule has 0 aliphatic carbocycles. The Hall–Kier alpha value is -2.32. The van der Waals surface area contributed by atoms with E-state index in [-0.39, 0.29) is 11.9 Å². The maximum absolute atomic E-state index is 12.4. The second-order valence-electron chi connectivity index (χ2n) is 7.18. The van der Waals surface area contributed by atoms with E-state index in [4.69, 9.17) is 4.52 Å². The lowest BCUT2D eigenvalue weighted by Gasteiger charge is -2.33. The quantitative estimate of drug-likeness (QED) is 0.717. The summed E-state index contributed by atoms with van der Waals surface area (Å²) in [5, 5.41) is 13.7. The zero-order valence-corrected chi connectivity index (χ0v) is 14.7. The highest BCUT2D eigenvalue weighted by Crippen LogP contribution is 2.37. The molecule has 2 aliphatic rings. The normalized spacial score (nSPS) is 21.8. The van der Waals surface area contributed by atoms with Crippen LogP contribution < -0.4 is 16.0 Å². The Kier molecular flexibility index (Phi) is 4.94. The fourth-order valence-corrected chi connectivity index (χ4v) is 3.82. The Morgan fingerprint density at radius 1 is 1.38 bits per heavy atom. The van der Waals surface area contributed by atoms with Crippen LogP contribution in [-0.2, 0) is 11.2 Å². The van der Waals surface area contributed by atoms with E-state index >= 15 is 0 Å². The van der Waals surface area contributed by atoms with Gasteiger partial charge in [0.2, 0.25) is 17.6 Å². The molecule has 8 heteroatoms. The van der Waals surface area contributed by atoms with Crippen LogP contribution in [0.15, 0.2) is 29.0 Å². The molecular formula is C18H24N6O2. The van der Waals surface area contributed by atoms with Crippen molar-refractivity contribution in [1.82, 2.24) is 31.1 Å². The molecule has 2 fully saturated rings. The van der Waals surface area contributed by atoms with Crippen molar-refractivity contribution < 1.29 is 9.32 Å². The van der Waals surface area contributed by atoms with E-state index in [1.807, 2.05) is 12.1 Å². The van der Waals surface area contributed by atoms with Crippen molar-refractivity contribution >= 4 is 5.91 Å². The third-order valence-corrected chi connectivity index (χ3v) is 5.37. The largest absolute Gasteiger partial charge is 0.354 e. The predicted octanol–water partition coefficient (Wildman–Crippen LogP) is 0.522. The summed E-state index contributed by atoms with van der Waals surface area (Å²) in [6.45, 7) is 3.52. The third-order valence-electron chi connectivity index (χ3n) is 5.37. The van der Waals surface area contributed by atoms with Crippen LogP contribution in [0.25, 0.3) is 11.4 Å². The predicted molar refractivity (Wildman–Crippen MR) is 95.2 cm³/mol. The summed E-state index contributed by atoms with van der Waals surface area (Å²) < 4.78 is 5.25. The van der Waals surface area contributed by atoms with Gasteiger partial charge in [-0.1, -0.05) is 5.16 Å². The van der Waals surface area contributed by atoms with Crippen LogP contribution in [-0.4, -0.2) is 53.3 Å². The molecule has 0 saturated carbocycles. The number of pyridine rings is 1. The summed E-state index contributed by atoms with van der Waals surface area (Å²) in [5.74, 6) is 1.09. The maximum Gasteiger partial charge on any atom is 0.237 e. The van der Waals surface area contributed by atoms with Gasteiger partial charge in [0.1, 0.15) is 0 Å². The van der Waals surface area contributed by atoms with Crippen molar-refractivity contribution in [2.24, 2.45) is 5.41 Å². The number of nitrogens with zero attached hydrogens (tertiary/aromatic N) is 3. The van der Waals surface area contributed by atoms with Gasteiger partial charge in [-0.25, -0.2) is 0 Å². The third kappa shape index (κ3) is 3.76. The van der Waals surface area contributed by atoms with Gasteiger partial charge < -0.3 is 20.5 Å². The second kappa shape index (κ2) is 7.51. The number of rotatable bonds is 5. The Bertz CT molecular complexity index is 741. The minimum Gasteiger partial charge on any atom is -0.354 e. The molecule has 3 N–H and O–H groups in total. The molecule has 1 atom stereocenters. The molecule has 0 unspecified atom stereocenters. The average Bonchev–Trinajstić information content (AvgIpc) is 3.31. The Morgan fingerprint density at radius 2 is 2.27 bits per heavy atom. The van der Waals surface area contributed by atoms with E-state index in [0.717, 1.165) is 44.5 Å². The molecule has 26 heavy (non-hydrogen) atoms. The summed E-state index contributed by atoms with van der Waals surface area (Å²) in [6.07, 6.45) is 7.11. The molecular weight excluding hydrogens is 332 g/mol. The van der Waals surface area contributed by atoms with Crippen LogP contribution in [0.2, 0.25) is 0 Å². The van der Waals surface area contributed by atoms with E-state index < -0.39 is 0 Å².